The first-order valence-electron chi connectivity index (χ1n) is 8.62. The predicted molar refractivity (Wildman–Crippen MR) is 95.1 cm³/mol. The SMILES string of the molecule is CC(C)C[CH]C(=O)N[C@H]1CCCN(S(=O)(=O)c2cccc(F)c2)CC1=O. The van der Waals surface area contributed by atoms with E-state index in [1.807, 2.05) is 13.8 Å². The van der Waals surface area contributed by atoms with Crippen molar-refractivity contribution in [3.8, 4) is 0 Å². The van der Waals surface area contributed by atoms with Crippen molar-refractivity contribution in [3.63, 3.8) is 0 Å². The molecular formula is C18H24FN2O4S. The number of rotatable bonds is 6. The molecule has 1 heterocycles. The van der Waals surface area contributed by atoms with Gasteiger partial charge in [0.15, 0.2) is 5.78 Å². The fourth-order valence-electron chi connectivity index (χ4n) is 2.70. The maximum atomic E-state index is 13.4. The van der Waals surface area contributed by atoms with Gasteiger partial charge in [-0.3, -0.25) is 9.59 Å². The Hall–Kier alpha value is -1.80. The van der Waals surface area contributed by atoms with Crippen LogP contribution in [0.4, 0.5) is 4.39 Å². The molecule has 0 aromatic heterocycles. The van der Waals surface area contributed by atoms with Gasteiger partial charge in [-0.1, -0.05) is 19.9 Å². The van der Waals surface area contributed by atoms with Crippen molar-refractivity contribution < 1.29 is 22.4 Å². The number of halogens is 1. The molecule has 0 bridgehead atoms. The normalized spacial score (nSPS) is 19.4. The second-order valence-corrected chi connectivity index (χ2v) is 8.74. The van der Waals surface area contributed by atoms with Crippen molar-refractivity contribution in [1.29, 1.82) is 0 Å². The van der Waals surface area contributed by atoms with Crippen LogP contribution in [-0.4, -0.2) is 43.5 Å². The molecule has 1 amide bonds. The van der Waals surface area contributed by atoms with Gasteiger partial charge in [-0.15, -0.1) is 0 Å². The highest BCUT2D eigenvalue weighted by atomic mass is 32.2. The largest absolute Gasteiger partial charge is 0.346 e. The van der Waals surface area contributed by atoms with E-state index in [1.165, 1.54) is 18.6 Å². The Morgan fingerprint density at radius 1 is 1.42 bits per heavy atom. The van der Waals surface area contributed by atoms with Crippen LogP contribution >= 0.6 is 0 Å². The number of nitrogens with zero attached hydrogens (tertiary/aromatic N) is 1. The third kappa shape index (κ3) is 5.35. The third-order valence-corrected chi connectivity index (χ3v) is 5.99. The average Bonchev–Trinajstić information content (AvgIpc) is 2.75. The first-order valence-corrected chi connectivity index (χ1v) is 10.1. The average molecular weight is 383 g/mol. The molecule has 1 aromatic carbocycles. The van der Waals surface area contributed by atoms with Crippen molar-refractivity contribution in [1.82, 2.24) is 9.62 Å². The Balaban J connectivity index is 2.05. The maximum absolute atomic E-state index is 13.4. The fraction of sp³-hybridized carbons (Fsp3) is 0.500. The van der Waals surface area contributed by atoms with E-state index in [4.69, 9.17) is 0 Å². The number of sulfonamides is 1. The molecule has 1 aromatic rings. The highest BCUT2D eigenvalue weighted by Crippen LogP contribution is 2.20. The molecule has 1 fully saturated rings. The van der Waals surface area contributed by atoms with Crippen molar-refractivity contribution in [2.75, 3.05) is 13.1 Å². The van der Waals surface area contributed by atoms with E-state index < -0.39 is 21.9 Å². The zero-order valence-electron chi connectivity index (χ0n) is 14.9. The maximum Gasteiger partial charge on any atom is 0.243 e. The zero-order valence-corrected chi connectivity index (χ0v) is 15.8. The van der Waals surface area contributed by atoms with Crippen molar-refractivity contribution in [3.05, 3.63) is 36.5 Å². The van der Waals surface area contributed by atoms with Gasteiger partial charge in [0.05, 0.1) is 17.5 Å². The second kappa shape index (κ2) is 8.73. The highest BCUT2D eigenvalue weighted by molar-refractivity contribution is 7.89. The van der Waals surface area contributed by atoms with Gasteiger partial charge < -0.3 is 5.32 Å². The number of carbonyl (C=O) groups excluding carboxylic acids is 2. The van der Waals surface area contributed by atoms with Crippen LogP contribution in [0.25, 0.3) is 0 Å². The second-order valence-electron chi connectivity index (χ2n) is 6.80. The molecule has 0 unspecified atom stereocenters. The first-order chi connectivity index (χ1) is 12.2. The lowest BCUT2D eigenvalue weighted by atomic mass is 10.1. The Bertz CT molecular complexity index is 764. The van der Waals surface area contributed by atoms with Crippen molar-refractivity contribution >= 4 is 21.7 Å². The van der Waals surface area contributed by atoms with E-state index in [0.717, 1.165) is 16.4 Å². The molecule has 1 saturated heterocycles. The van der Waals surface area contributed by atoms with E-state index in [-0.39, 0.29) is 29.7 Å². The summed E-state index contributed by atoms with van der Waals surface area (Å²) in [7, 11) is -3.96. The minimum atomic E-state index is -3.96. The topological polar surface area (TPSA) is 83.6 Å². The first kappa shape index (κ1) is 20.5. The minimum absolute atomic E-state index is 0.146. The number of carbonyl (C=O) groups is 2. The van der Waals surface area contributed by atoms with E-state index in [1.54, 1.807) is 0 Å². The van der Waals surface area contributed by atoms with Gasteiger partial charge in [-0.05, 0) is 43.4 Å². The number of benzene rings is 1. The quantitative estimate of drug-likeness (QED) is 0.813. The molecule has 1 aliphatic rings. The molecule has 0 spiro atoms. The van der Waals surface area contributed by atoms with Gasteiger partial charge in [0.1, 0.15) is 5.82 Å². The smallest absolute Gasteiger partial charge is 0.243 e. The van der Waals surface area contributed by atoms with Crippen LogP contribution in [0.2, 0.25) is 0 Å². The van der Waals surface area contributed by atoms with Crippen LogP contribution in [0.15, 0.2) is 29.2 Å². The molecule has 1 atom stereocenters. The standard InChI is InChI=1S/C18H24FN2O4S/c1-13(2)8-9-18(23)20-16-7-4-10-21(12-17(16)22)26(24,25)15-6-3-5-14(19)11-15/h3,5-6,9,11,13,16H,4,7-8,10,12H2,1-2H3,(H,20,23)/t16-/m0/s1. The van der Waals surface area contributed by atoms with Gasteiger partial charge >= 0.3 is 0 Å². The molecule has 1 aliphatic heterocycles. The minimum Gasteiger partial charge on any atom is -0.346 e. The van der Waals surface area contributed by atoms with Crippen molar-refractivity contribution in [2.24, 2.45) is 5.92 Å². The Morgan fingerprint density at radius 2 is 2.15 bits per heavy atom. The number of ketones is 1. The number of nitrogens with one attached hydrogen (secondary N) is 1. The molecule has 2 rings (SSSR count). The summed E-state index contributed by atoms with van der Waals surface area (Å²) in [5.74, 6) is -1.01. The van der Waals surface area contributed by atoms with Gasteiger partial charge in [-0.2, -0.15) is 4.31 Å². The summed E-state index contributed by atoms with van der Waals surface area (Å²) in [4.78, 5) is 24.2. The summed E-state index contributed by atoms with van der Waals surface area (Å²) >= 11 is 0. The molecule has 1 radical (unpaired) electrons. The van der Waals surface area contributed by atoms with Gasteiger partial charge in [0.25, 0.3) is 0 Å². The van der Waals surface area contributed by atoms with Crippen LogP contribution in [0.5, 0.6) is 0 Å². The summed E-state index contributed by atoms with van der Waals surface area (Å²) in [6.07, 6.45) is 2.90. The van der Waals surface area contributed by atoms with Gasteiger partial charge in [-0.25, -0.2) is 12.8 Å². The Morgan fingerprint density at radius 3 is 2.81 bits per heavy atom. The molecule has 26 heavy (non-hydrogen) atoms. The lowest BCUT2D eigenvalue weighted by Gasteiger charge is -2.20. The highest BCUT2D eigenvalue weighted by Gasteiger charge is 2.33. The van der Waals surface area contributed by atoms with Gasteiger partial charge in [0.2, 0.25) is 15.9 Å². The van der Waals surface area contributed by atoms with Crippen molar-refractivity contribution in [2.45, 2.75) is 44.0 Å². The lowest BCUT2D eigenvalue weighted by molar-refractivity contribution is -0.126. The van der Waals surface area contributed by atoms with E-state index in [2.05, 4.69) is 5.32 Å². The summed E-state index contributed by atoms with van der Waals surface area (Å²) in [5, 5.41) is 2.66. The van der Waals surface area contributed by atoms with Gasteiger partial charge in [0, 0.05) is 13.0 Å². The third-order valence-electron chi connectivity index (χ3n) is 4.15. The molecule has 0 saturated carbocycles. The number of Topliss-reactive ketones (excluding diaryl/α,β-unsaturated/α-hetero) is 1. The summed E-state index contributed by atoms with van der Waals surface area (Å²) in [6, 6.07) is 4.00. The van der Waals surface area contributed by atoms with Crippen LogP contribution in [0, 0.1) is 18.2 Å². The van der Waals surface area contributed by atoms with Crippen LogP contribution in [0.1, 0.15) is 33.1 Å². The molecular weight excluding hydrogens is 359 g/mol. The predicted octanol–water partition coefficient (Wildman–Crippen LogP) is 1.91. The number of hydrogen-bond donors (Lipinski definition) is 1. The summed E-state index contributed by atoms with van der Waals surface area (Å²) < 4.78 is 39.7. The monoisotopic (exact) mass is 383 g/mol. The van der Waals surface area contributed by atoms with E-state index in [0.29, 0.717) is 25.2 Å². The number of amides is 1. The van der Waals surface area contributed by atoms with Crippen LogP contribution in [-0.2, 0) is 19.6 Å². The zero-order chi connectivity index (χ0) is 19.3. The molecule has 6 nitrogen and oxygen atoms in total. The van der Waals surface area contributed by atoms with E-state index in [9.17, 15) is 22.4 Å². The molecule has 1 N–H and O–H groups in total. The Kier molecular flexibility index (Phi) is 6.88. The summed E-state index contributed by atoms with van der Waals surface area (Å²) in [5.41, 5.74) is 0. The fourth-order valence-corrected chi connectivity index (χ4v) is 4.18. The van der Waals surface area contributed by atoms with E-state index >= 15 is 0 Å². The molecule has 8 heteroatoms. The molecule has 0 aliphatic carbocycles. The number of hydrogen-bond acceptors (Lipinski definition) is 4. The Labute approximate surface area is 153 Å². The lowest BCUT2D eigenvalue weighted by Crippen LogP contribution is -2.44. The van der Waals surface area contributed by atoms with Crippen LogP contribution < -0.4 is 5.32 Å². The van der Waals surface area contributed by atoms with Crippen LogP contribution in [0.3, 0.4) is 0 Å². The molecule has 143 valence electrons. The summed E-state index contributed by atoms with van der Waals surface area (Å²) in [6.45, 7) is 3.77.